The molecule has 1 atom stereocenters. The molecule has 0 bridgehead atoms. The highest BCUT2D eigenvalue weighted by Crippen LogP contribution is 2.32. The van der Waals surface area contributed by atoms with Crippen LogP contribution >= 0.6 is 0 Å². The highest BCUT2D eigenvalue weighted by atomic mass is 32.2. The molecular weight excluding hydrogens is 535 g/mol. The van der Waals surface area contributed by atoms with Gasteiger partial charge in [-0.05, 0) is 70.0 Å². The maximum absolute atomic E-state index is 13.3. The number of carbonyl (C=O) groups is 2. The van der Waals surface area contributed by atoms with Crippen LogP contribution in [0.2, 0.25) is 0 Å². The van der Waals surface area contributed by atoms with Crippen molar-refractivity contribution >= 4 is 27.5 Å². The Morgan fingerprint density at radius 1 is 1.05 bits per heavy atom. The highest BCUT2D eigenvalue weighted by Gasteiger charge is 2.32. The van der Waals surface area contributed by atoms with E-state index in [4.69, 9.17) is 4.74 Å². The fourth-order valence-electron chi connectivity index (χ4n) is 3.83. The first kappa shape index (κ1) is 31.9. The molecule has 0 unspecified atom stereocenters. The molecule has 0 saturated heterocycles. The number of hydrogen-bond donors (Lipinski definition) is 1. The third-order valence-corrected chi connectivity index (χ3v) is 6.99. The molecule has 0 aromatic heterocycles. The maximum Gasteiger partial charge on any atom is 0.416 e. The van der Waals surface area contributed by atoms with Gasteiger partial charge in [-0.15, -0.1) is 0 Å². The molecule has 2 rings (SSSR count). The lowest BCUT2D eigenvalue weighted by atomic mass is 10.1. The number of nitrogens with one attached hydrogen (secondary N) is 1. The van der Waals surface area contributed by atoms with Crippen molar-refractivity contribution in [3.63, 3.8) is 0 Å². The molecule has 0 fully saturated rings. The second kappa shape index (κ2) is 12.7. The molecule has 0 aliphatic carbocycles. The Balaban J connectivity index is 2.24. The molecule has 0 aliphatic rings. The van der Waals surface area contributed by atoms with Crippen molar-refractivity contribution in [3.8, 4) is 5.75 Å². The molecule has 39 heavy (non-hydrogen) atoms. The van der Waals surface area contributed by atoms with E-state index in [-0.39, 0.29) is 37.5 Å². The number of rotatable bonds is 11. The predicted molar refractivity (Wildman–Crippen MR) is 144 cm³/mol. The minimum atomic E-state index is -4.64. The van der Waals surface area contributed by atoms with Crippen molar-refractivity contribution in [2.45, 2.75) is 64.8 Å². The Morgan fingerprint density at radius 2 is 1.67 bits per heavy atom. The molecule has 0 heterocycles. The normalized spacial score (nSPS) is 12.9. The van der Waals surface area contributed by atoms with Gasteiger partial charge in [0.15, 0.2) is 0 Å². The van der Waals surface area contributed by atoms with Crippen LogP contribution in [0.5, 0.6) is 5.75 Å². The molecule has 12 heteroatoms. The standard InChI is InChI=1S/C27H36F3N3O5S/c1-19(25(35)31-26(2,3)4)32(18-20-12-14-23(38-5)15-13-20)24(34)11-8-16-33(39(6,36)37)22-10-7-9-21(17-22)27(28,29)30/h7,9-10,12-15,17,19H,8,11,16,18H2,1-6H3,(H,31,35)/t19-/m1/s1. The second-order valence-electron chi connectivity index (χ2n) is 10.3. The van der Waals surface area contributed by atoms with E-state index in [2.05, 4.69) is 5.32 Å². The summed E-state index contributed by atoms with van der Waals surface area (Å²) in [6.45, 7) is 6.96. The van der Waals surface area contributed by atoms with Crippen molar-refractivity contribution in [3.05, 3.63) is 59.7 Å². The lowest BCUT2D eigenvalue weighted by molar-refractivity contribution is -0.141. The van der Waals surface area contributed by atoms with Crippen LogP contribution in [0, 0.1) is 0 Å². The van der Waals surface area contributed by atoms with Gasteiger partial charge in [0.25, 0.3) is 0 Å². The van der Waals surface area contributed by atoms with Gasteiger partial charge in [-0.25, -0.2) is 8.42 Å². The van der Waals surface area contributed by atoms with Gasteiger partial charge in [0.05, 0.1) is 24.6 Å². The molecule has 2 aromatic carbocycles. The van der Waals surface area contributed by atoms with E-state index < -0.39 is 39.3 Å². The van der Waals surface area contributed by atoms with Crippen LogP contribution in [0.4, 0.5) is 18.9 Å². The lowest BCUT2D eigenvalue weighted by Crippen LogP contribution is -2.52. The number of halogens is 3. The minimum absolute atomic E-state index is 0.0227. The molecular formula is C27H36F3N3O5S. The summed E-state index contributed by atoms with van der Waals surface area (Å²) in [7, 11) is -2.41. The van der Waals surface area contributed by atoms with E-state index in [1.54, 1.807) is 31.2 Å². The van der Waals surface area contributed by atoms with Crippen LogP contribution in [0.15, 0.2) is 48.5 Å². The summed E-state index contributed by atoms with van der Waals surface area (Å²) < 4.78 is 70.4. The molecule has 8 nitrogen and oxygen atoms in total. The zero-order chi connectivity index (χ0) is 29.6. The zero-order valence-electron chi connectivity index (χ0n) is 23.0. The van der Waals surface area contributed by atoms with Gasteiger partial charge in [-0.2, -0.15) is 13.2 Å². The number of sulfonamides is 1. The monoisotopic (exact) mass is 571 g/mol. The van der Waals surface area contributed by atoms with Gasteiger partial charge >= 0.3 is 6.18 Å². The van der Waals surface area contributed by atoms with Gasteiger partial charge in [-0.3, -0.25) is 13.9 Å². The average Bonchev–Trinajstić information content (AvgIpc) is 2.82. The molecule has 2 aromatic rings. The Hall–Kier alpha value is -3.28. The SMILES string of the molecule is COc1ccc(CN(C(=O)CCCN(c2cccc(C(F)(F)F)c2)S(C)(=O)=O)[C@H](C)C(=O)NC(C)(C)C)cc1. The minimum Gasteiger partial charge on any atom is -0.497 e. The summed E-state index contributed by atoms with van der Waals surface area (Å²) in [5.74, 6) is -0.128. The fraction of sp³-hybridized carbons (Fsp3) is 0.481. The van der Waals surface area contributed by atoms with Crippen molar-refractivity contribution in [2.75, 3.05) is 24.2 Å². The van der Waals surface area contributed by atoms with Crippen LogP contribution in [0.3, 0.4) is 0 Å². The van der Waals surface area contributed by atoms with E-state index in [0.717, 1.165) is 34.3 Å². The number of benzene rings is 2. The summed E-state index contributed by atoms with van der Waals surface area (Å²) in [5.41, 5.74) is -0.899. The van der Waals surface area contributed by atoms with Gasteiger partial charge in [-0.1, -0.05) is 18.2 Å². The number of carbonyl (C=O) groups excluding carboxylic acids is 2. The van der Waals surface area contributed by atoms with Crippen molar-refractivity contribution in [1.82, 2.24) is 10.2 Å². The van der Waals surface area contributed by atoms with Crippen LogP contribution in [0.25, 0.3) is 0 Å². The van der Waals surface area contributed by atoms with Gasteiger partial charge in [0.1, 0.15) is 11.8 Å². The van der Waals surface area contributed by atoms with E-state index in [1.165, 1.54) is 18.1 Å². The first-order chi connectivity index (χ1) is 17.9. The number of methoxy groups -OCH3 is 1. The van der Waals surface area contributed by atoms with Gasteiger partial charge in [0.2, 0.25) is 21.8 Å². The Morgan fingerprint density at radius 3 is 2.18 bits per heavy atom. The first-order valence-corrected chi connectivity index (χ1v) is 14.2. The largest absolute Gasteiger partial charge is 0.497 e. The quantitative estimate of drug-likeness (QED) is 0.426. The maximum atomic E-state index is 13.3. The van der Waals surface area contributed by atoms with Gasteiger partial charge < -0.3 is 15.0 Å². The molecule has 0 aliphatic heterocycles. The Kier molecular flexibility index (Phi) is 10.4. The summed E-state index contributed by atoms with van der Waals surface area (Å²) in [6.07, 6.45) is -3.85. The summed E-state index contributed by atoms with van der Waals surface area (Å²) in [6, 6.07) is 10.2. The Labute approximate surface area is 228 Å². The number of anilines is 1. The summed E-state index contributed by atoms with van der Waals surface area (Å²) in [4.78, 5) is 27.6. The number of alkyl halides is 3. The molecule has 0 spiro atoms. The molecule has 216 valence electrons. The predicted octanol–water partition coefficient (Wildman–Crippen LogP) is 4.59. The fourth-order valence-corrected chi connectivity index (χ4v) is 4.78. The van der Waals surface area contributed by atoms with E-state index >= 15 is 0 Å². The zero-order valence-corrected chi connectivity index (χ0v) is 23.8. The third-order valence-electron chi connectivity index (χ3n) is 5.79. The lowest BCUT2D eigenvalue weighted by Gasteiger charge is -2.32. The smallest absolute Gasteiger partial charge is 0.416 e. The first-order valence-electron chi connectivity index (χ1n) is 12.3. The topological polar surface area (TPSA) is 96.0 Å². The number of hydrogen-bond acceptors (Lipinski definition) is 5. The molecule has 1 N–H and O–H groups in total. The van der Waals surface area contributed by atoms with Gasteiger partial charge in [0, 0.05) is 25.0 Å². The van der Waals surface area contributed by atoms with Crippen molar-refractivity contribution in [2.24, 2.45) is 0 Å². The molecule has 2 amide bonds. The Bertz CT molecular complexity index is 1240. The van der Waals surface area contributed by atoms with Crippen LogP contribution in [-0.4, -0.2) is 56.6 Å². The molecule has 0 radical (unpaired) electrons. The van der Waals surface area contributed by atoms with E-state index in [1.807, 2.05) is 20.8 Å². The van der Waals surface area contributed by atoms with Crippen LogP contribution < -0.4 is 14.4 Å². The van der Waals surface area contributed by atoms with Crippen LogP contribution in [-0.2, 0) is 32.3 Å². The van der Waals surface area contributed by atoms with Crippen molar-refractivity contribution < 1.29 is 35.9 Å². The summed E-state index contributed by atoms with van der Waals surface area (Å²) in [5, 5.41) is 2.86. The molecule has 0 saturated carbocycles. The second-order valence-corrected chi connectivity index (χ2v) is 12.2. The van der Waals surface area contributed by atoms with E-state index in [0.29, 0.717) is 5.75 Å². The third kappa shape index (κ3) is 9.76. The van der Waals surface area contributed by atoms with E-state index in [9.17, 15) is 31.2 Å². The average molecular weight is 572 g/mol. The number of nitrogens with zero attached hydrogens (tertiary/aromatic N) is 2. The van der Waals surface area contributed by atoms with Crippen molar-refractivity contribution in [1.29, 1.82) is 0 Å². The summed E-state index contributed by atoms with van der Waals surface area (Å²) >= 11 is 0. The number of ether oxygens (including phenoxy) is 1. The van der Waals surface area contributed by atoms with Crippen LogP contribution in [0.1, 0.15) is 51.7 Å². The number of amides is 2. The highest BCUT2D eigenvalue weighted by molar-refractivity contribution is 7.92.